The van der Waals surface area contributed by atoms with Crippen molar-refractivity contribution in [1.29, 1.82) is 0 Å². The summed E-state index contributed by atoms with van der Waals surface area (Å²) in [5, 5.41) is 0. The molecule has 0 fully saturated rings. The molecular formula is C9H9NO. The normalized spacial score (nSPS) is 12.0. The second kappa shape index (κ2) is 3.77. The molecule has 0 aromatic heterocycles. The molecule has 0 spiro atoms. The molecule has 0 unspecified atom stereocenters. The van der Waals surface area contributed by atoms with Crippen molar-refractivity contribution in [1.82, 2.24) is 0 Å². The van der Waals surface area contributed by atoms with E-state index in [1.54, 1.807) is 0 Å². The first kappa shape index (κ1) is 7.80. The van der Waals surface area contributed by atoms with E-state index in [1.165, 1.54) is 0 Å². The molecule has 0 saturated heterocycles. The molecule has 2 heteroatoms. The highest BCUT2D eigenvalue weighted by atomic mass is 16.6. The maximum absolute atomic E-state index is 5.16. The van der Waals surface area contributed by atoms with E-state index in [0.717, 1.165) is 5.56 Å². The van der Waals surface area contributed by atoms with E-state index in [2.05, 4.69) is 10.8 Å². The minimum absolute atomic E-state index is 0.434. The summed E-state index contributed by atoms with van der Waals surface area (Å²) in [5.74, 6) is 7.39. The number of rotatable bonds is 2. The second-order valence-electron chi connectivity index (χ2n) is 2.09. The third kappa shape index (κ3) is 1.81. The summed E-state index contributed by atoms with van der Waals surface area (Å²) in [6.45, 7) is 0. The fraction of sp³-hybridized carbons (Fsp3) is 0.111. The third-order valence-electron chi connectivity index (χ3n) is 1.39. The molecule has 1 aromatic carbocycles. The first-order valence-corrected chi connectivity index (χ1v) is 3.25. The molecule has 0 aliphatic rings. The smallest absolute Gasteiger partial charge is 0.164 e. The van der Waals surface area contributed by atoms with Crippen molar-refractivity contribution in [2.45, 2.75) is 6.10 Å². The summed E-state index contributed by atoms with van der Waals surface area (Å²) in [6, 6.07) is 9.43. The third-order valence-corrected chi connectivity index (χ3v) is 1.39. The predicted molar refractivity (Wildman–Crippen MR) is 43.3 cm³/mol. The lowest BCUT2D eigenvalue weighted by molar-refractivity contribution is 0.0935. The summed E-state index contributed by atoms with van der Waals surface area (Å²) >= 11 is 0. The maximum atomic E-state index is 5.16. The van der Waals surface area contributed by atoms with E-state index >= 15 is 0 Å². The van der Waals surface area contributed by atoms with Crippen molar-refractivity contribution >= 4 is 0 Å². The van der Waals surface area contributed by atoms with Crippen LogP contribution in [0.5, 0.6) is 0 Å². The summed E-state index contributed by atoms with van der Waals surface area (Å²) in [7, 11) is 0. The fourth-order valence-electron chi connectivity index (χ4n) is 0.842. The van der Waals surface area contributed by atoms with Gasteiger partial charge in [0.2, 0.25) is 0 Å². The lowest BCUT2D eigenvalue weighted by Crippen LogP contribution is -2.06. The zero-order valence-corrected chi connectivity index (χ0v) is 6.03. The monoisotopic (exact) mass is 147 g/mol. The molecule has 0 aliphatic carbocycles. The lowest BCUT2D eigenvalue weighted by atomic mass is 10.1. The molecule has 2 nitrogen and oxygen atoms in total. The van der Waals surface area contributed by atoms with Crippen LogP contribution in [0.15, 0.2) is 30.3 Å². The Bertz CT molecular complexity index is 250. The van der Waals surface area contributed by atoms with Gasteiger partial charge in [-0.2, -0.15) is 0 Å². The maximum Gasteiger partial charge on any atom is 0.164 e. The van der Waals surface area contributed by atoms with Crippen LogP contribution in [-0.2, 0) is 4.84 Å². The van der Waals surface area contributed by atoms with Crippen molar-refractivity contribution in [2.24, 2.45) is 5.90 Å². The minimum atomic E-state index is -0.434. The molecule has 11 heavy (non-hydrogen) atoms. The van der Waals surface area contributed by atoms with Crippen LogP contribution in [-0.4, -0.2) is 0 Å². The Hall–Kier alpha value is -1.30. The number of nitrogens with two attached hydrogens (primary N) is 1. The van der Waals surface area contributed by atoms with Gasteiger partial charge >= 0.3 is 0 Å². The SMILES string of the molecule is C#C[C@@H](ON)c1ccccc1. The van der Waals surface area contributed by atoms with Gasteiger partial charge in [0.05, 0.1) is 0 Å². The first-order chi connectivity index (χ1) is 5.38. The summed E-state index contributed by atoms with van der Waals surface area (Å²) in [6.07, 6.45) is 4.73. The topological polar surface area (TPSA) is 35.2 Å². The van der Waals surface area contributed by atoms with Crippen LogP contribution in [0.1, 0.15) is 11.7 Å². The van der Waals surface area contributed by atoms with Crippen molar-refractivity contribution in [3.05, 3.63) is 35.9 Å². The second-order valence-corrected chi connectivity index (χ2v) is 2.09. The predicted octanol–water partition coefficient (Wildman–Crippen LogP) is 1.25. The van der Waals surface area contributed by atoms with Crippen LogP contribution in [0.2, 0.25) is 0 Å². The summed E-state index contributed by atoms with van der Waals surface area (Å²) in [5.41, 5.74) is 0.900. The van der Waals surface area contributed by atoms with E-state index in [4.69, 9.17) is 12.3 Å². The lowest BCUT2D eigenvalue weighted by Gasteiger charge is -2.06. The molecule has 2 N–H and O–H groups in total. The zero-order valence-electron chi connectivity index (χ0n) is 6.03. The van der Waals surface area contributed by atoms with Crippen LogP contribution in [0.3, 0.4) is 0 Å². The van der Waals surface area contributed by atoms with Crippen LogP contribution in [0, 0.1) is 12.3 Å². The van der Waals surface area contributed by atoms with Gasteiger partial charge in [0.25, 0.3) is 0 Å². The van der Waals surface area contributed by atoms with Gasteiger partial charge in [0, 0.05) is 0 Å². The molecular weight excluding hydrogens is 138 g/mol. The summed E-state index contributed by atoms with van der Waals surface area (Å²) < 4.78 is 0. The Morgan fingerprint density at radius 2 is 2.00 bits per heavy atom. The molecule has 0 heterocycles. The van der Waals surface area contributed by atoms with Crippen LogP contribution < -0.4 is 5.90 Å². The van der Waals surface area contributed by atoms with Gasteiger partial charge in [-0.1, -0.05) is 36.3 Å². The van der Waals surface area contributed by atoms with Gasteiger partial charge < -0.3 is 0 Å². The van der Waals surface area contributed by atoms with Gasteiger partial charge in [0.1, 0.15) is 0 Å². The van der Waals surface area contributed by atoms with E-state index in [0.29, 0.717) is 0 Å². The largest absolute Gasteiger partial charge is 0.283 e. The highest BCUT2D eigenvalue weighted by Gasteiger charge is 2.04. The van der Waals surface area contributed by atoms with E-state index in [-0.39, 0.29) is 0 Å². The van der Waals surface area contributed by atoms with Gasteiger partial charge in [-0.25, -0.2) is 5.90 Å². The molecule has 56 valence electrons. The quantitative estimate of drug-likeness (QED) is 0.504. The summed E-state index contributed by atoms with van der Waals surface area (Å²) in [4.78, 5) is 4.55. The van der Waals surface area contributed by atoms with Crippen LogP contribution >= 0.6 is 0 Å². The van der Waals surface area contributed by atoms with Crippen molar-refractivity contribution in [2.75, 3.05) is 0 Å². The Balaban J connectivity index is 2.85. The van der Waals surface area contributed by atoms with Gasteiger partial charge in [0.15, 0.2) is 6.10 Å². The average molecular weight is 147 g/mol. The average Bonchev–Trinajstić information content (AvgIpc) is 2.09. The van der Waals surface area contributed by atoms with Gasteiger partial charge in [-0.3, -0.25) is 4.84 Å². The fourth-order valence-corrected chi connectivity index (χ4v) is 0.842. The Morgan fingerprint density at radius 3 is 2.45 bits per heavy atom. The molecule has 0 bridgehead atoms. The van der Waals surface area contributed by atoms with Crippen LogP contribution in [0.4, 0.5) is 0 Å². The number of benzene rings is 1. The molecule has 0 radical (unpaired) electrons. The highest BCUT2D eigenvalue weighted by Crippen LogP contribution is 2.12. The van der Waals surface area contributed by atoms with Gasteiger partial charge in [-0.05, 0) is 5.56 Å². The molecule has 0 saturated carbocycles. The highest BCUT2D eigenvalue weighted by molar-refractivity contribution is 5.23. The molecule has 1 rings (SSSR count). The Labute approximate surface area is 65.9 Å². The zero-order chi connectivity index (χ0) is 8.10. The Kier molecular flexibility index (Phi) is 2.67. The minimum Gasteiger partial charge on any atom is -0.283 e. The molecule has 1 atom stereocenters. The number of terminal acetylenes is 1. The van der Waals surface area contributed by atoms with E-state index in [9.17, 15) is 0 Å². The molecule has 0 aliphatic heterocycles. The first-order valence-electron chi connectivity index (χ1n) is 3.25. The number of hydrogen-bond donors (Lipinski definition) is 1. The molecule has 0 amide bonds. The van der Waals surface area contributed by atoms with Crippen LogP contribution in [0.25, 0.3) is 0 Å². The molecule has 1 aromatic rings. The van der Waals surface area contributed by atoms with Gasteiger partial charge in [-0.15, -0.1) is 6.42 Å². The van der Waals surface area contributed by atoms with Crippen molar-refractivity contribution < 1.29 is 4.84 Å². The van der Waals surface area contributed by atoms with E-state index < -0.39 is 6.10 Å². The van der Waals surface area contributed by atoms with E-state index in [1.807, 2.05) is 30.3 Å². The van der Waals surface area contributed by atoms with Crippen molar-refractivity contribution in [3.8, 4) is 12.3 Å². The standard InChI is InChI=1S/C9H9NO/c1-2-9(11-10)8-6-4-3-5-7-8/h1,3-7,9H,10H2/t9-/m1/s1. The number of hydrogen-bond acceptors (Lipinski definition) is 2. The Morgan fingerprint density at radius 1 is 1.36 bits per heavy atom. The van der Waals surface area contributed by atoms with Crippen molar-refractivity contribution in [3.63, 3.8) is 0 Å².